The fraction of sp³-hybridized carbons (Fsp3) is 0.444. The van der Waals surface area contributed by atoms with Crippen molar-refractivity contribution in [3.63, 3.8) is 0 Å². The fourth-order valence-electron chi connectivity index (χ4n) is 5.18. The van der Waals surface area contributed by atoms with E-state index in [1.165, 1.54) is 0 Å². The van der Waals surface area contributed by atoms with Crippen LogP contribution < -0.4 is 10.6 Å². The molecule has 0 heterocycles. The Kier molecular flexibility index (Phi) is 7.20. The van der Waals surface area contributed by atoms with Gasteiger partial charge in [0.2, 0.25) is 5.91 Å². The van der Waals surface area contributed by atoms with Crippen LogP contribution in [0.2, 0.25) is 0 Å². The van der Waals surface area contributed by atoms with Gasteiger partial charge >= 0.3 is 12.1 Å². The lowest BCUT2D eigenvalue weighted by Crippen LogP contribution is -2.53. The molecule has 1 fully saturated rings. The number of ether oxygens (including phenoxy) is 1. The van der Waals surface area contributed by atoms with E-state index in [1.807, 2.05) is 24.3 Å². The molecule has 0 saturated heterocycles. The van der Waals surface area contributed by atoms with Crippen LogP contribution in [0.1, 0.15) is 56.6 Å². The normalized spacial score (nSPS) is 20.2. The van der Waals surface area contributed by atoms with Gasteiger partial charge in [-0.05, 0) is 41.0 Å². The maximum Gasteiger partial charge on any atom is 0.407 e. The van der Waals surface area contributed by atoms with Crippen molar-refractivity contribution in [3.8, 4) is 11.1 Å². The van der Waals surface area contributed by atoms with Gasteiger partial charge in [0.25, 0.3) is 0 Å². The number of rotatable bonds is 7. The quantitative estimate of drug-likeness (QED) is 0.566. The Balaban J connectivity index is 1.39. The van der Waals surface area contributed by atoms with E-state index in [4.69, 9.17) is 4.74 Å². The van der Waals surface area contributed by atoms with Gasteiger partial charge in [-0.25, -0.2) is 9.59 Å². The van der Waals surface area contributed by atoms with Crippen molar-refractivity contribution in [3.05, 3.63) is 59.7 Å². The number of benzene rings is 2. The summed E-state index contributed by atoms with van der Waals surface area (Å²) in [6, 6.07) is 15.0. The van der Waals surface area contributed by atoms with Crippen molar-refractivity contribution < 1.29 is 24.2 Å². The van der Waals surface area contributed by atoms with Gasteiger partial charge in [0.15, 0.2) is 0 Å². The molecule has 7 heteroatoms. The molecular weight excluding hydrogens is 432 g/mol. The molecule has 180 valence electrons. The van der Waals surface area contributed by atoms with Crippen LogP contribution in [0.3, 0.4) is 0 Å². The van der Waals surface area contributed by atoms with Gasteiger partial charge < -0.3 is 20.5 Å². The summed E-state index contributed by atoms with van der Waals surface area (Å²) in [6.07, 6.45) is 2.46. The van der Waals surface area contributed by atoms with Crippen LogP contribution in [0, 0.1) is 11.8 Å². The second-order valence-corrected chi connectivity index (χ2v) is 9.54. The number of carboxylic acids is 1. The topological polar surface area (TPSA) is 105 Å². The number of hydrogen-bond donors (Lipinski definition) is 3. The van der Waals surface area contributed by atoms with Gasteiger partial charge in [-0.15, -0.1) is 0 Å². The lowest BCUT2D eigenvalue weighted by Gasteiger charge is -2.32. The number of hydrogen-bond acceptors (Lipinski definition) is 4. The highest BCUT2D eigenvalue weighted by Gasteiger charge is 2.35. The van der Waals surface area contributed by atoms with Crippen LogP contribution in [-0.4, -0.2) is 41.8 Å². The standard InChI is InChI=1S/C27H32N2O5/c1-16(2)24(26(31)32)29-25(30)21-13-7-8-14-23(21)28-27(33)34-15-22-19-11-5-3-9-17(19)18-10-4-6-12-20(18)22/h3-6,9-12,16,21-24H,7-8,13-15H2,1-2H3,(H,28,33)(H,29,30)(H,31,32)/t21-,23+,24?/m1/s1. The molecule has 2 aliphatic rings. The number of carboxylic acid groups (broad SMARTS) is 1. The summed E-state index contributed by atoms with van der Waals surface area (Å²) in [5, 5.41) is 15.0. The average Bonchev–Trinajstić information content (AvgIpc) is 3.14. The van der Waals surface area contributed by atoms with Gasteiger partial charge in [-0.3, -0.25) is 4.79 Å². The molecule has 2 aromatic rings. The van der Waals surface area contributed by atoms with Crippen LogP contribution in [0.25, 0.3) is 11.1 Å². The average molecular weight is 465 g/mol. The van der Waals surface area contributed by atoms with E-state index >= 15 is 0 Å². The Morgan fingerprint density at radius 2 is 1.56 bits per heavy atom. The van der Waals surface area contributed by atoms with E-state index in [-0.39, 0.29) is 30.4 Å². The van der Waals surface area contributed by atoms with Crippen molar-refractivity contribution in [1.82, 2.24) is 10.6 Å². The van der Waals surface area contributed by atoms with E-state index in [0.29, 0.717) is 12.8 Å². The SMILES string of the molecule is CC(C)C(NC(=O)[C@@H]1CCCC[C@@H]1NC(=O)OCC1c2ccccc2-c2ccccc21)C(=O)O. The first-order valence-electron chi connectivity index (χ1n) is 12.0. The number of carbonyl (C=O) groups is 3. The summed E-state index contributed by atoms with van der Waals surface area (Å²) in [5.74, 6) is -2.13. The monoisotopic (exact) mass is 464 g/mol. The Bertz CT molecular complexity index is 1020. The van der Waals surface area contributed by atoms with E-state index in [1.54, 1.807) is 13.8 Å². The van der Waals surface area contributed by atoms with E-state index < -0.39 is 24.0 Å². The Hall–Kier alpha value is -3.35. The molecule has 2 amide bonds. The summed E-state index contributed by atoms with van der Waals surface area (Å²) in [5.41, 5.74) is 4.60. The first kappa shape index (κ1) is 23.8. The third-order valence-corrected chi connectivity index (χ3v) is 6.98. The Labute approximate surface area is 199 Å². The van der Waals surface area contributed by atoms with Crippen molar-refractivity contribution in [2.75, 3.05) is 6.61 Å². The highest BCUT2D eigenvalue weighted by atomic mass is 16.5. The number of alkyl carbamates (subject to hydrolysis) is 1. The molecule has 7 nitrogen and oxygen atoms in total. The van der Waals surface area contributed by atoms with E-state index in [9.17, 15) is 19.5 Å². The zero-order valence-corrected chi connectivity index (χ0v) is 19.6. The number of aliphatic carboxylic acids is 1. The Morgan fingerprint density at radius 1 is 0.971 bits per heavy atom. The largest absolute Gasteiger partial charge is 0.480 e. The molecular formula is C27H32N2O5. The molecule has 34 heavy (non-hydrogen) atoms. The number of amides is 2. The molecule has 0 aliphatic heterocycles. The lowest BCUT2D eigenvalue weighted by molar-refractivity contribution is -0.144. The van der Waals surface area contributed by atoms with Gasteiger partial charge in [0.05, 0.1) is 5.92 Å². The molecule has 0 aromatic heterocycles. The van der Waals surface area contributed by atoms with Gasteiger partial charge in [0.1, 0.15) is 12.6 Å². The van der Waals surface area contributed by atoms with Crippen molar-refractivity contribution >= 4 is 18.0 Å². The zero-order valence-electron chi connectivity index (χ0n) is 19.6. The summed E-state index contributed by atoms with van der Waals surface area (Å²) in [7, 11) is 0. The molecule has 2 aromatic carbocycles. The number of carbonyl (C=O) groups excluding carboxylic acids is 2. The van der Waals surface area contributed by atoms with Gasteiger partial charge in [0, 0.05) is 12.0 Å². The molecule has 2 aliphatic carbocycles. The highest BCUT2D eigenvalue weighted by Crippen LogP contribution is 2.44. The predicted octanol–water partition coefficient (Wildman–Crippen LogP) is 4.31. The second-order valence-electron chi connectivity index (χ2n) is 9.54. The minimum absolute atomic E-state index is 0.0361. The number of nitrogens with one attached hydrogen (secondary N) is 2. The number of fused-ring (bicyclic) bond motifs is 3. The molecule has 0 spiro atoms. The molecule has 0 bridgehead atoms. The first-order chi connectivity index (χ1) is 16.4. The Morgan fingerprint density at radius 3 is 2.15 bits per heavy atom. The first-order valence-corrected chi connectivity index (χ1v) is 12.0. The summed E-state index contributed by atoms with van der Waals surface area (Å²) >= 11 is 0. The maximum absolute atomic E-state index is 12.9. The minimum atomic E-state index is -1.06. The van der Waals surface area contributed by atoms with Crippen LogP contribution >= 0.6 is 0 Å². The summed E-state index contributed by atoms with van der Waals surface area (Å²) in [4.78, 5) is 37.1. The van der Waals surface area contributed by atoms with Crippen molar-refractivity contribution in [2.24, 2.45) is 11.8 Å². The van der Waals surface area contributed by atoms with Gasteiger partial charge in [-0.1, -0.05) is 75.2 Å². The molecule has 0 radical (unpaired) electrons. The van der Waals surface area contributed by atoms with Crippen molar-refractivity contribution in [1.29, 1.82) is 0 Å². The zero-order chi connectivity index (χ0) is 24.2. The van der Waals surface area contributed by atoms with Crippen molar-refractivity contribution in [2.45, 2.75) is 57.5 Å². The van der Waals surface area contributed by atoms with Crippen LogP contribution in [0.5, 0.6) is 0 Å². The molecule has 3 N–H and O–H groups in total. The third-order valence-electron chi connectivity index (χ3n) is 6.98. The lowest BCUT2D eigenvalue weighted by atomic mass is 9.83. The van der Waals surface area contributed by atoms with E-state index in [0.717, 1.165) is 35.1 Å². The third kappa shape index (κ3) is 4.93. The highest BCUT2D eigenvalue weighted by molar-refractivity contribution is 5.86. The molecule has 3 atom stereocenters. The smallest absolute Gasteiger partial charge is 0.407 e. The maximum atomic E-state index is 12.9. The van der Waals surface area contributed by atoms with Crippen LogP contribution in [0.4, 0.5) is 4.79 Å². The molecule has 4 rings (SSSR count). The predicted molar refractivity (Wildman–Crippen MR) is 128 cm³/mol. The second kappa shape index (κ2) is 10.3. The molecule has 1 saturated carbocycles. The van der Waals surface area contributed by atoms with E-state index in [2.05, 4.69) is 34.9 Å². The summed E-state index contributed by atoms with van der Waals surface area (Å²) < 4.78 is 5.65. The van der Waals surface area contributed by atoms with Gasteiger partial charge in [-0.2, -0.15) is 0 Å². The fourth-order valence-corrected chi connectivity index (χ4v) is 5.18. The van der Waals surface area contributed by atoms with Crippen LogP contribution in [0.15, 0.2) is 48.5 Å². The molecule has 1 unspecified atom stereocenters. The van der Waals surface area contributed by atoms with Crippen LogP contribution in [-0.2, 0) is 14.3 Å². The summed E-state index contributed by atoms with van der Waals surface area (Å²) in [6.45, 7) is 3.72. The minimum Gasteiger partial charge on any atom is -0.480 e.